The molecule has 0 aliphatic heterocycles. The van der Waals surface area contributed by atoms with Crippen LogP contribution in [0.4, 0.5) is 0 Å². The van der Waals surface area contributed by atoms with Crippen molar-refractivity contribution in [3.8, 4) is 0 Å². The third-order valence-electron chi connectivity index (χ3n) is 1.52. The predicted octanol–water partition coefficient (Wildman–Crippen LogP) is 2.62. The molecule has 0 fully saturated rings. The second-order valence-electron chi connectivity index (χ2n) is 2.83. The zero-order valence-electron chi connectivity index (χ0n) is 7.26. The van der Waals surface area contributed by atoms with E-state index in [4.69, 9.17) is 0 Å². The van der Waals surface area contributed by atoms with Crippen LogP contribution >= 0.6 is 12.6 Å². The van der Waals surface area contributed by atoms with E-state index in [2.05, 4.69) is 26.1 Å². The third-order valence-corrected chi connectivity index (χ3v) is 2.07. The van der Waals surface area contributed by atoms with Crippen LogP contribution in [0.5, 0.6) is 0 Å². The van der Waals surface area contributed by atoms with Gasteiger partial charge in [0.2, 0.25) is 0 Å². The van der Waals surface area contributed by atoms with E-state index in [1.165, 1.54) is 0 Å². The van der Waals surface area contributed by atoms with Gasteiger partial charge in [-0.1, -0.05) is 25.5 Å². The minimum atomic E-state index is 0.0625. The molecule has 0 bridgehead atoms. The van der Waals surface area contributed by atoms with Crippen molar-refractivity contribution in [1.82, 2.24) is 0 Å². The fourth-order valence-corrected chi connectivity index (χ4v) is 1.29. The van der Waals surface area contributed by atoms with E-state index in [9.17, 15) is 4.79 Å². The predicted molar refractivity (Wildman–Crippen MR) is 52.1 cm³/mol. The first-order chi connectivity index (χ1) is 5.07. The Balaban J connectivity index is 3.73. The number of carbonyl (C=O) groups excluding carboxylic acids is 1. The monoisotopic (exact) mass is 172 g/mol. The number of hydrogen-bond acceptors (Lipinski definition) is 2. The zero-order valence-corrected chi connectivity index (χ0v) is 8.16. The van der Waals surface area contributed by atoms with E-state index >= 15 is 0 Å². The Bertz CT molecular complexity index is 152. The summed E-state index contributed by atoms with van der Waals surface area (Å²) in [6.45, 7) is 7.55. The smallest absolute Gasteiger partial charge is 0.131 e. The summed E-state index contributed by atoms with van der Waals surface area (Å²) < 4.78 is 0. The maximum atomic E-state index is 10.7. The molecule has 0 aromatic heterocycles. The molecule has 64 valence electrons. The molecule has 0 N–H and O–H groups in total. The first-order valence-electron chi connectivity index (χ1n) is 3.93. The molecule has 1 atom stereocenters. The Labute approximate surface area is 74.3 Å². The van der Waals surface area contributed by atoms with Crippen LogP contribution in [0.15, 0.2) is 12.2 Å². The first-order valence-corrected chi connectivity index (χ1v) is 4.44. The van der Waals surface area contributed by atoms with Gasteiger partial charge in [-0.2, -0.15) is 12.6 Å². The van der Waals surface area contributed by atoms with Crippen molar-refractivity contribution < 1.29 is 4.79 Å². The van der Waals surface area contributed by atoms with Crippen molar-refractivity contribution >= 4 is 18.4 Å². The normalized spacial score (nSPS) is 12.6. The van der Waals surface area contributed by atoms with E-state index in [0.29, 0.717) is 6.42 Å². The number of ketones is 1. The van der Waals surface area contributed by atoms with Gasteiger partial charge in [0.25, 0.3) is 0 Å². The number of rotatable bonds is 5. The Morgan fingerprint density at radius 3 is 2.55 bits per heavy atom. The van der Waals surface area contributed by atoms with Gasteiger partial charge >= 0.3 is 0 Å². The molecule has 2 heteroatoms. The van der Waals surface area contributed by atoms with Gasteiger partial charge in [-0.05, 0) is 13.3 Å². The van der Waals surface area contributed by atoms with Crippen molar-refractivity contribution in [2.45, 2.75) is 38.4 Å². The zero-order chi connectivity index (χ0) is 8.85. The molecule has 1 unspecified atom stereocenters. The molecule has 0 aliphatic carbocycles. The number of carbonyl (C=O) groups is 1. The van der Waals surface area contributed by atoms with Gasteiger partial charge in [0.05, 0.1) is 0 Å². The Morgan fingerprint density at radius 2 is 2.18 bits per heavy atom. The standard InChI is InChI=1S/C9H16OS/c1-4-5-7(2)9(11)6-8(3)10/h9,11H,2,4-6H2,1,3H3. The highest BCUT2D eigenvalue weighted by atomic mass is 32.1. The molecule has 0 rings (SSSR count). The van der Waals surface area contributed by atoms with Crippen molar-refractivity contribution in [3.63, 3.8) is 0 Å². The second-order valence-corrected chi connectivity index (χ2v) is 3.45. The van der Waals surface area contributed by atoms with E-state index in [1.807, 2.05) is 0 Å². The summed E-state index contributed by atoms with van der Waals surface area (Å²) in [5.41, 5.74) is 1.08. The maximum absolute atomic E-state index is 10.7. The van der Waals surface area contributed by atoms with E-state index < -0.39 is 0 Å². The molecule has 0 amide bonds. The summed E-state index contributed by atoms with van der Waals surface area (Å²) in [5, 5.41) is 0.0625. The van der Waals surface area contributed by atoms with Crippen molar-refractivity contribution in [2.75, 3.05) is 0 Å². The number of Topliss-reactive ketones (excluding diaryl/α,β-unsaturated/α-hetero) is 1. The lowest BCUT2D eigenvalue weighted by atomic mass is 10.1. The van der Waals surface area contributed by atoms with Crippen LogP contribution in [0.3, 0.4) is 0 Å². The highest BCUT2D eigenvalue weighted by molar-refractivity contribution is 7.81. The summed E-state index contributed by atoms with van der Waals surface area (Å²) in [6, 6.07) is 0. The molecule has 0 aliphatic rings. The van der Waals surface area contributed by atoms with Crippen molar-refractivity contribution in [3.05, 3.63) is 12.2 Å². The molecule has 0 saturated heterocycles. The van der Waals surface area contributed by atoms with Gasteiger partial charge in [-0.3, -0.25) is 4.79 Å². The van der Waals surface area contributed by atoms with Crippen LogP contribution in [0.1, 0.15) is 33.1 Å². The Kier molecular flexibility index (Phi) is 5.30. The highest BCUT2D eigenvalue weighted by Crippen LogP contribution is 2.16. The molecule has 11 heavy (non-hydrogen) atoms. The summed E-state index contributed by atoms with van der Waals surface area (Å²) in [6.07, 6.45) is 2.57. The van der Waals surface area contributed by atoms with Gasteiger partial charge < -0.3 is 0 Å². The van der Waals surface area contributed by atoms with Crippen molar-refractivity contribution in [2.24, 2.45) is 0 Å². The highest BCUT2D eigenvalue weighted by Gasteiger charge is 2.08. The van der Waals surface area contributed by atoms with Gasteiger partial charge in [-0.15, -0.1) is 0 Å². The maximum Gasteiger partial charge on any atom is 0.131 e. The van der Waals surface area contributed by atoms with Crippen molar-refractivity contribution in [1.29, 1.82) is 0 Å². The molecule has 0 aromatic carbocycles. The second kappa shape index (κ2) is 5.42. The quantitative estimate of drug-likeness (QED) is 0.498. The summed E-state index contributed by atoms with van der Waals surface area (Å²) >= 11 is 4.28. The molecular formula is C9H16OS. The largest absolute Gasteiger partial charge is 0.300 e. The first kappa shape index (κ1) is 10.8. The lowest BCUT2D eigenvalue weighted by Gasteiger charge is -2.10. The SMILES string of the molecule is C=C(CCC)C(S)CC(C)=O. The number of hydrogen-bond donors (Lipinski definition) is 1. The lowest BCUT2D eigenvalue weighted by Crippen LogP contribution is -2.07. The van der Waals surface area contributed by atoms with Crippen LogP contribution in [-0.4, -0.2) is 11.0 Å². The topological polar surface area (TPSA) is 17.1 Å². The molecular weight excluding hydrogens is 156 g/mol. The number of thiol groups is 1. The van der Waals surface area contributed by atoms with Gasteiger partial charge in [0.15, 0.2) is 0 Å². The van der Waals surface area contributed by atoms with Crippen LogP contribution in [0.25, 0.3) is 0 Å². The third kappa shape index (κ3) is 5.08. The Hall–Kier alpha value is -0.240. The van der Waals surface area contributed by atoms with E-state index in [-0.39, 0.29) is 11.0 Å². The molecule has 1 nitrogen and oxygen atoms in total. The van der Waals surface area contributed by atoms with Gasteiger partial charge in [0.1, 0.15) is 5.78 Å². The van der Waals surface area contributed by atoms with Crippen LogP contribution in [0, 0.1) is 0 Å². The summed E-state index contributed by atoms with van der Waals surface area (Å²) in [4.78, 5) is 10.7. The van der Waals surface area contributed by atoms with Crippen LogP contribution in [0.2, 0.25) is 0 Å². The molecule has 0 spiro atoms. The Morgan fingerprint density at radius 1 is 1.64 bits per heavy atom. The summed E-state index contributed by atoms with van der Waals surface area (Å²) in [5.74, 6) is 0.183. The molecule has 0 aromatic rings. The van der Waals surface area contributed by atoms with E-state index in [1.54, 1.807) is 6.92 Å². The average molecular weight is 172 g/mol. The molecule has 0 radical (unpaired) electrons. The van der Waals surface area contributed by atoms with E-state index in [0.717, 1.165) is 18.4 Å². The van der Waals surface area contributed by atoms with Crippen LogP contribution in [-0.2, 0) is 4.79 Å². The minimum absolute atomic E-state index is 0.0625. The minimum Gasteiger partial charge on any atom is -0.300 e. The van der Waals surface area contributed by atoms with Crippen LogP contribution < -0.4 is 0 Å². The fourth-order valence-electron chi connectivity index (χ4n) is 0.904. The molecule has 0 heterocycles. The fraction of sp³-hybridized carbons (Fsp3) is 0.667. The molecule has 0 saturated carbocycles. The van der Waals surface area contributed by atoms with Gasteiger partial charge in [-0.25, -0.2) is 0 Å². The lowest BCUT2D eigenvalue weighted by molar-refractivity contribution is -0.116. The average Bonchev–Trinajstić information content (AvgIpc) is 1.86. The van der Waals surface area contributed by atoms with Gasteiger partial charge in [0, 0.05) is 11.7 Å². The summed E-state index contributed by atoms with van der Waals surface area (Å²) in [7, 11) is 0.